The molecule has 0 unspecified atom stereocenters. The molecule has 1 heterocycles. The van der Waals surface area contributed by atoms with Gasteiger partial charge < -0.3 is 23.7 Å². The maximum Gasteiger partial charge on any atom is 0.303 e. The molecule has 0 N–H and O–H groups in total. The first-order chi connectivity index (χ1) is 11.8. The van der Waals surface area contributed by atoms with Crippen molar-refractivity contribution in [1.82, 2.24) is 0 Å². The van der Waals surface area contributed by atoms with Gasteiger partial charge in [-0.1, -0.05) is 5.11 Å². The third-order valence-electron chi connectivity index (χ3n) is 3.17. The van der Waals surface area contributed by atoms with Crippen molar-refractivity contribution < 1.29 is 38.1 Å². The van der Waals surface area contributed by atoms with E-state index >= 15 is 0 Å². The second kappa shape index (κ2) is 9.82. The van der Waals surface area contributed by atoms with Crippen LogP contribution in [0.4, 0.5) is 0 Å². The second-order valence-electron chi connectivity index (χ2n) is 5.26. The van der Waals surface area contributed by atoms with Gasteiger partial charge in [-0.3, -0.25) is 14.4 Å². The average molecular weight is 359 g/mol. The topological polar surface area (TPSA) is 146 Å². The molecule has 11 heteroatoms. The zero-order valence-corrected chi connectivity index (χ0v) is 14.4. The van der Waals surface area contributed by atoms with Gasteiger partial charge >= 0.3 is 17.9 Å². The lowest BCUT2D eigenvalue weighted by molar-refractivity contribution is -0.300. The zero-order chi connectivity index (χ0) is 19.0. The molecule has 0 bridgehead atoms. The van der Waals surface area contributed by atoms with Crippen LogP contribution in [-0.2, 0) is 38.1 Å². The lowest BCUT2D eigenvalue weighted by atomic mass is 9.99. The van der Waals surface area contributed by atoms with Gasteiger partial charge in [-0.15, -0.1) is 0 Å². The molecule has 0 saturated carbocycles. The van der Waals surface area contributed by atoms with Crippen LogP contribution >= 0.6 is 0 Å². The summed E-state index contributed by atoms with van der Waals surface area (Å²) in [5.41, 5.74) is 8.27. The molecule has 0 spiro atoms. The minimum Gasteiger partial charge on any atom is -0.456 e. The summed E-state index contributed by atoms with van der Waals surface area (Å²) in [5, 5.41) is 3.32. The van der Waals surface area contributed by atoms with Crippen molar-refractivity contribution in [2.45, 2.75) is 58.4 Å². The summed E-state index contributed by atoms with van der Waals surface area (Å²) >= 11 is 0. The van der Waals surface area contributed by atoms with Crippen LogP contribution in [0.15, 0.2) is 5.11 Å². The van der Waals surface area contributed by atoms with Crippen LogP contribution in [0.2, 0.25) is 0 Å². The van der Waals surface area contributed by atoms with Crippen LogP contribution in [0.1, 0.15) is 27.7 Å². The van der Waals surface area contributed by atoms with E-state index < -0.39 is 48.6 Å². The zero-order valence-electron chi connectivity index (χ0n) is 14.4. The summed E-state index contributed by atoms with van der Waals surface area (Å²) in [6.07, 6.45) is -5.05. The summed E-state index contributed by atoms with van der Waals surface area (Å²) in [7, 11) is 0. The maximum absolute atomic E-state index is 11.4. The molecule has 1 rings (SSSR count). The molecule has 5 atom stereocenters. The maximum atomic E-state index is 11.4. The Morgan fingerprint density at radius 3 is 2.04 bits per heavy atom. The molecule has 0 aliphatic carbocycles. The first-order valence-electron chi connectivity index (χ1n) is 7.55. The summed E-state index contributed by atoms with van der Waals surface area (Å²) < 4.78 is 26.6. The number of hydrogen-bond acceptors (Lipinski definition) is 9. The Morgan fingerprint density at radius 2 is 1.52 bits per heavy atom. The van der Waals surface area contributed by atoms with E-state index in [1.165, 1.54) is 20.8 Å². The molecule has 0 aromatic carbocycles. The van der Waals surface area contributed by atoms with Gasteiger partial charge in [-0.25, -0.2) is 0 Å². The Bertz CT molecular complexity index is 548. The van der Waals surface area contributed by atoms with Crippen molar-refractivity contribution in [1.29, 1.82) is 0 Å². The first-order valence-corrected chi connectivity index (χ1v) is 7.55. The fourth-order valence-electron chi connectivity index (χ4n) is 2.36. The SMILES string of the molecule is CC(=O)O[C@H]1[C@H](OC(C)=O)[C@H](OCCN=[N+]=[N-])O[C@@H](C)[C@H]1OC(C)=O. The number of hydrogen-bond donors (Lipinski definition) is 0. The van der Waals surface area contributed by atoms with Gasteiger partial charge in [0.25, 0.3) is 0 Å². The quantitative estimate of drug-likeness (QED) is 0.162. The largest absolute Gasteiger partial charge is 0.456 e. The fraction of sp³-hybridized carbons (Fsp3) is 0.786. The van der Waals surface area contributed by atoms with Crippen molar-refractivity contribution in [2.24, 2.45) is 5.11 Å². The number of esters is 3. The summed E-state index contributed by atoms with van der Waals surface area (Å²) in [6, 6.07) is 0. The van der Waals surface area contributed by atoms with Gasteiger partial charge in [0.1, 0.15) is 0 Å². The van der Waals surface area contributed by atoms with E-state index in [9.17, 15) is 14.4 Å². The lowest BCUT2D eigenvalue weighted by Crippen LogP contribution is -2.61. The van der Waals surface area contributed by atoms with Gasteiger partial charge in [0.05, 0.1) is 12.7 Å². The van der Waals surface area contributed by atoms with Gasteiger partial charge in [-0.2, -0.15) is 0 Å². The highest BCUT2D eigenvalue weighted by Gasteiger charge is 2.50. The van der Waals surface area contributed by atoms with Crippen LogP contribution in [0.5, 0.6) is 0 Å². The smallest absolute Gasteiger partial charge is 0.303 e. The van der Waals surface area contributed by atoms with Crippen molar-refractivity contribution in [3.63, 3.8) is 0 Å². The molecule has 0 amide bonds. The van der Waals surface area contributed by atoms with E-state index in [1.54, 1.807) is 6.92 Å². The van der Waals surface area contributed by atoms with E-state index in [0.29, 0.717) is 0 Å². The van der Waals surface area contributed by atoms with Crippen molar-refractivity contribution in [3.05, 3.63) is 10.4 Å². The molecule has 0 radical (unpaired) electrons. The molecule has 0 aromatic heterocycles. The Labute approximate surface area is 144 Å². The second-order valence-corrected chi connectivity index (χ2v) is 5.26. The normalized spacial score (nSPS) is 28.4. The van der Waals surface area contributed by atoms with E-state index in [-0.39, 0.29) is 13.2 Å². The van der Waals surface area contributed by atoms with Gasteiger partial charge in [0, 0.05) is 32.2 Å². The van der Waals surface area contributed by atoms with E-state index in [1.807, 2.05) is 0 Å². The van der Waals surface area contributed by atoms with Crippen molar-refractivity contribution in [3.8, 4) is 0 Å². The molecule has 140 valence electrons. The number of nitrogens with zero attached hydrogens (tertiary/aromatic N) is 3. The van der Waals surface area contributed by atoms with Crippen molar-refractivity contribution in [2.75, 3.05) is 13.2 Å². The number of ether oxygens (including phenoxy) is 5. The highest BCUT2D eigenvalue weighted by Crippen LogP contribution is 2.29. The molecule has 11 nitrogen and oxygen atoms in total. The van der Waals surface area contributed by atoms with Gasteiger partial charge in [0.2, 0.25) is 0 Å². The van der Waals surface area contributed by atoms with Crippen molar-refractivity contribution >= 4 is 17.9 Å². The molecule has 0 aromatic rings. The standard InChI is InChI=1S/C14H21N3O8/c1-7-11(23-8(2)18)12(24-9(3)19)13(25-10(4)20)14(22-7)21-6-5-16-17-15/h7,11-14H,5-6H2,1-4H3/t7-,11+,12+,13-,14+/m0/s1. The van der Waals surface area contributed by atoms with E-state index in [4.69, 9.17) is 29.2 Å². The highest BCUT2D eigenvalue weighted by molar-refractivity contribution is 5.68. The molecule has 25 heavy (non-hydrogen) atoms. The first kappa shape index (κ1) is 20.7. The van der Waals surface area contributed by atoms with E-state index in [0.717, 1.165) is 0 Å². The van der Waals surface area contributed by atoms with Crippen LogP contribution in [0.3, 0.4) is 0 Å². The van der Waals surface area contributed by atoms with Crippen LogP contribution < -0.4 is 0 Å². The van der Waals surface area contributed by atoms with Crippen LogP contribution in [0.25, 0.3) is 10.4 Å². The Hall–Kier alpha value is -2.36. The minimum atomic E-state index is -1.16. The average Bonchev–Trinajstić information content (AvgIpc) is 2.49. The summed E-state index contributed by atoms with van der Waals surface area (Å²) in [5.74, 6) is -1.92. The number of carbonyl (C=O) groups is 3. The minimum absolute atomic E-state index is 0.00969. The van der Waals surface area contributed by atoms with E-state index in [2.05, 4.69) is 10.0 Å². The highest BCUT2D eigenvalue weighted by atomic mass is 16.7. The van der Waals surface area contributed by atoms with Gasteiger partial charge in [0.15, 0.2) is 24.6 Å². The number of rotatable bonds is 7. The Balaban J connectivity index is 3.04. The summed E-state index contributed by atoms with van der Waals surface area (Å²) in [4.78, 5) is 36.8. The molecule has 1 saturated heterocycles. The Kier molecular flexibility index (Phi) is 8.12. The predicted molar refractivity (Wildman–Crippen MR) is 81.0 cm³/mol. The Morgan fingerprint density at radius 1 is 1.00 bits per heavy atom. The van der Waals surface area contributed by atoms with Crippen LogP contribution in [0, 0.1) is 0 Å². The fourth-order valence-corrected chi connectivity index (χ4v) is 2.36. The number of azide groups is 1. The third-order valence-corrected chi connectivity index (χ3v) is 3.17. The molecule has 1 fully saturated rings. The molecule has 1 aliphatic heterocycles. The van der Waals surface area contributed by atoms with Crippen LogP contribution in [-0.4, -0.2) is 61.8 Å². The lowest BCUT2D eigenvalue weighted by Gasteiger charge is -2.43. The molecular weight excluding hydrogens is 338 g/mol. The third kappa shape index (κ3) is 6.57. The number of carbonyl (C=O) groups excluding carboxylic acids is 3. The molecule has 1 aliphatic rings. The summed E-state index contributed by atoms with van der Waals surface area (Å²) in [6.45, 7) is 5.15. The predicted octanol–water partition coefficient (Wildman–Crippen LogP) is 0.853. The van der Waals surface area contributed by atoms with Gasteiger partial charge in [-0.05, 0) is 12.5 Å². The monoisotopic (exact) mass is 359 g/mol. The molecular formula is C14H21N3O8.